The predicted octanol–water partition coefficient (Wildman–Crippen LogP) is 4.83. The molecule has 0 radical (unpaired) electrons. The molecule has 0 aliphatic rings. The molecule has 5 rings (SSSR count). The number of carbonyl (C=O) groups is 1. The van der Waals surface area contributed by atoms with Crippen LogP contribution in [0.4, 0.5) is 9.52 Å². The largest absolute Gasteiger partial charge is 0.300 e. The number of hydrogen-bond acceptors (Lipinski definition) is 6. The molecule has 9 heteroatoms. The van der Waals surface area contributed by atoms with Crippen molar-refractivity contribution in [1.29, 1.82) is 0 Å². The Bertz CT molecular complexity index is 1340. The second kappa shape index (κ2) is 8.37. The Kier molecular flexibility index (Phi) is 5.27. The summed E-state index contributed by atoms with van der Waals surface area (Å²) < 4.78 is 15.1. The molecule has 0 fully saturated rings. The SMILES string of the molecule is O=C(Cc1csc2nc(-c3ccc(F)cc3)cn12)Nc1nnc(Cc2ccccc2)s1. The Morgan fingerprint density at radius 1 is 1.06 bits per heavy atom. The van der Waals surface area contributed by atoms with Gasteiger partial charge in [-0.15, -0.1) is 21.5 Å². The molecule has 0 aliphatic heterocycles. The standard InChI is InChI=1S/C22H16FN5OS2/c23-16-8-6-15(7-9-16)18-12-28-17(13-30-22(28)24-18)11-19(29)25-21-27-26-20(31-21)10-14-4-2-1-3-5-14/h1-9,12-13H,10-11H2,(H,25,27,29). The minimum Gasteiger partial charge on any atom is -0.300 e. The van der Waals surface area contributed by atoms with E-state index in [0.29, 0.717) is 11.6 Å². The number of thiazole rings is 1. The lowest BCUT2D eigenvalue weighted by Crippen LogP contribution is -2.15. The first-order valence-corrected chi connectivity index (χ1v) is 11.2. The average molecular weight is 450 g/mol. The maximum absolute atomic E-state index is 13.2. The first-order chi connectivity index (χ1) is 15.1. The normalized spacial score (nSPS) is 11.1. The third kappa shape index (κ3) is 4.37. The van der Waals surface area contributed by atoms with Gasteiger partial charge in [0.25, 0.3) is 0 Å². The first-order valence-electron chi connectivity index (χ1n) is 9.51. The van der Waals surface area contributed by atoms with Gasteiger partial charge in [0.05, 0.1) is 12.1 Å². The molecule has 31 heavy (non-hydrogen) atoms. The number of nitrogens with one attached hydrogen (secondary N) is 1. The van der Waals surface area contributed by atoms with Crippen molar-refractivity contribution < 1.29 is 9.18 Å². The molecule has 0 aliphatic carbocycles. The van der Waals surface area contributed by atoms with Crippen molar-refractivity contribution in [3.05, 3.63) is 88.3 Å². The fraction of sp³-hybridized carbons (Fsp3) is 0.0909. The molecule has 1 amide bonds. The topological polar surface area (TPSA) is 72.2 Å². The zero-order chi connectivity index (χ0) is 21.2. The highest BCUT2D eigenvalue weighted by molar-refractivity contribution is 7.15. The zero-order valence-corrected chi connectivity index (χ0v) is 17.8. The lowest BCUT2D eigenvalue weighted by atomic mass is 10.2. The van der Waals surface area contributed by atoms with E-state index in [4.69, 9.17) is 0 Å². The van der Waals surface area contributed by atoms with E-state index in [-0.39, 0.29) is 18.1 Å². The van der Waals surface area contributed by atoms with Crippen molar-refractivity contribution in [2.24, 2.45) is 0 Å². The predicted molar refractivity (Wildman–Crippen MR) is 120 cm³/mol. The maximum Gasteiger partial charge on any atom is 0.232 e. The monoisotopic (exact) mass is 449 g/mol. The number of halogens is 1. The van der Waals surface area contributed by atoms with Crippen LogP contribution in [0.15, 0.2) is 66.2 Å². The summed E-state index contributed by atoms with van der Waals surface area (Å²) in [5, 5.41) is 14.3. The number of anilines is 1. The Balaban J connectivity index is 1.27. The number of fused-ring (bicyclic) bond motifs is 1. The molecule has 0 bridgehead atoms. The highest BCUT2D eigenvalue weighted by atomic mass is 32.1. The first kappa shape index (κ1) is 19.5. The minimum atomic E-state index is -0.286. The van der Waals surface area contributed by atoms with E-state index < -0.39 is 0 Å². The van der Waals surface area contributed by atoms with Crippen LogP contribution in [-0.4, -0.2) is 25.5 Å². The second-order valence-electron chi connectivity index (χ2n) is 6.90. The van der Waals surface area contributed by atoms with Gasteiger partial charge in [-0.25, -0.2) is 9.37 Å². The van der Waals surface area contributed by atoms with Crippen LogP contribution in [0.1, 0.15) is 16.3 Å². The summed E-state index contributed by atoms with van der Waals surface area (Å²) in [5.41, 5.74) is 3.54. The van der Waals surface area contributed by atoms with Gasteiger partial charge < -0.3 is 5.32 Å². The van der Waals surface area contributed by atoms with Crippen LogP contribution in [0.25, 0.3) is 16.2 Å². The van der Waals surface area contributed by atoms with Gasteiger partial charge in [-0.2, -0.15) is 0 Å². The van der Waals surface area contributed by atoms with E-state index in [1.54, 1.807) is 12.1 Å². The number of aromatic nitrogens is 4. The van der Waals surface area contributed by atoms with Gasteiger partial charge >= 0.3 is 0 Å². The molecule has 3 aromatic heterocycles. The summed E-state index contributed by atoms with van der Waals surface area (Å²) >= 11 is 2.83. The van der Waals surface area contributed by atoms with Gasteiger partial charge in [0.15, 0.2) is 4.96 Å². The van der Waals surface area contributed by atoms with Crippen molar-refractivity contribution in [2.75, 3.05) is 5.32 Å². The van der Waals surface area contributed by atoms with Crippen LogP contribution >= 0.6 is 22.7 Å². The van der Waals surface area contributed by atoms with Crippen LogP contribution < -0.4 is 5.32 Å². The number of imidazole rings is 1. The molecular weight excluding hydrogens is 433 g/mol. The molecule has 0 unspecified atom stereocenters. The van der Waals surface area contributed by atoms with Crippen molar-refractivity contribution in [2.45, 2.75) is 12.8 Å². The summed E-state index contributed by atoms with van der Waals surface area (Å²) in [6, 6.07) is 16.2. The molecule has 0 saturated carbocycles. The lowest BCUT2D eigenvalue weighted by Gasteiger charge is -2.00. The summed E-state index contributed by atoms with van der Waals surface area (Å²) in [7, 11) is 0. The third-order valence-corrected chi connectivity index (χ3v) is 6.40. The van der Waals surface area contributed by atoms with Crippen LogP contribution in [-0.2, 0) is 17.6 Å². The van der Waals surface area contributed by atoms with Crippen molar-refractivity contribution in [3.8, 4) is 11.3 Å². The second-order valence-corrected chi connectivity index (χ2v) is 8.80. The van der Waals surface area contributed by atoms with Gasteiger partial charge in [0.1, 0.15) is 10.8 Å². The summed E-state index contributed by atoms with van der Waals surface area (Å²) in [4.78, 5) is 17.9. The molecule has 3 heterocycles. The van der Waals surface area contributed by atoms with Gasteiger partial charge in [-0.05, 0) is 29.8 Å². The Labute approximate surface area is 185 Å². The molecule has 5 aromatic rings. The third-order valence-electron chi connectivity index (χ3n) is 4.68. The fourth-order valence-electron chi connectivity index (χ4n) is 3.19. The van der Waals surface area contributed by atoms with E-state index in [2.05, 4.69) is 20.5 Å². The number of amides is 1. The van der Waals surface area contributed by atoms with Gasteiger partial charge in [-0.1, -0.05) is 41.7 Å². The maximum atomic E-state index is 13.2. The average Bonchev–Trinajstić information content (AvgIpc) is 3.47. The number of benzene rings is 2. The number of nitrogens with zero attached hydrogens (tertiary/aromatic N) is 4. The Morgan fingerprint density at radius 2 is 1.87 bits per heavy atom. The minimum absolute atomic E-state index is 0.167. The Morgan fingerprint density at radius 3 is 2.68 bits per heavy atom. The molecule has 0 saturated heterocycles. The van der Waals surface area contributed by atoms with E-state index in [1.807, 2.05) is 46.3 Å². The fourth-order valence-corrected chi connectivity index (χ4v) is 4.85. The molecule has 2 aromatic carbocycles. The van der Waals surface area contributed by atoms with Crippen LogP contribution in [0, 0.1) is 5.82 Å². The number of rotatable bonds is 6. The highest BCUT2D eigenvalue weighted by Crippen LogP contribution is 2.25. The summed E-state index contributed by atoms with van der Waals surface area (Å²) in [5.74, 6) is -0.454. The van der Waals surface area contributed by atoms with E-state index in [1.165, 1.54) is 34.8 Å². The van der Waals surface area contributed by atoms with Crippen molar-refractivity contribution in [3.63, 3.8) is 0 Å². The summed E-state index contributed by atoms with van der Waals surface area (Å²) in [6.07, 6.45) is 2.73. The molecule has 0 spiro atoms. The smallest absolute Gasteiger partial charge is 0.232 e. The lowest BCUT2D eigenvalue weighted by molar-refractivity contribution is -0.115. The number of hydrogen-bond donors (Lipinski definition) is 1. The quantitative estimate of drug-likeness (QED) is 0.403. The molecule has 0 atom stereocenters. The van der Waals surface area contributed by atoms with Gasteiger partial charge in [0, 0.05) is 29.3 Å². The summed E-state index contributed by atoms with van der Waals surface area (Å²) in [6.45, 7) is 0. The molecular formula is C22H16FN5OS2. The van der Waals surface area contributed by atoms with E-state index in [0.717, 1.165) is 32.5 Å². The van der Waals surface area contributed by atoms with Crippen LogP contribution in [0.5, 0.6) is 0 Å². The van der Waals surface area contributed by atoms with Crippen molar-refractivity contribution >= 4 is 38.7 Å². The zero-order valence-electron chi connectivity index (χ0n) is 16.2. The van der Waals surface area contributed by atoms with E-state index >= 15 is 0 Å². The van der Waals surface area contributed by atoms with Crippen molar-refractivity contribution in [1.82, 2.24) is 19.6 Å². The highest BCUT2D eigenvalue weighted by Gasteiger charge is 2.14. The van der Waals surface area contributed by atoms with Gasteiger partial charge in [-0.3, -0.25) is 9.20 Å². The molecule has 154 valence electrons. The van der Waals surface area contributed by atoms with Crippen LogP contribution in [0.3, 0.4) is 0 Å². The van der Waals surface area contributed by atoms with E-state index in [9.17, 15) is 9.18 Å². The Hall–Kier alpha value is -3.43. The van der Waals surface area contributed by atoms with Crippen LogP contribution in [0.2, 0.25) is 0 Å². The molecule has 6 nitrogen and oxygen atoms in total. The van der Waals surface area contributed by atoms with Gasteiger partial charge in [0.2, 0.25) is 11.0 Å². The number of carbonyl (C=O) groups excluding carboxylic acids is 1. The molecule has 1 N–H and O–H groups in total.